The van der Waals surface area contributed by atoms with Crippen molar-refractivity contribution in [2.75, 3.05) is 26.3 Å². The molecule has 1 aromatic heterocycles. The molecule has 0 amide bonds. The number of ether oxygens (including phenoxy) is 1. The standard InChI is InChI=1S/C19H23N3O/c1-15-3-5-18-11-16(4-6-19(18)21-15)12-22(9-2-8-20)13-17-7-10-23-14-17/h3-6,11,17H,2,7,9-10,12-14H2,1H3/t17-/m1/s1. The maximum absolute atomic E-state index is 8.90. The van der Waals surface area contributed by atoms with E-state index in [0.29, 0.717) is 12.3 Å². The molecule has 1 saturated heterocycles. The monoisotopic (exact) mass is 309 g/mol. The maximum atomic E-state index is 8.90. The van der Waals surface area contributed by atoms with Crippen LogP contribution in [0.15, 0.2) is 30.3 Å². The Bertz CT molecular complexity index is 701. The van der Waals surface area contributed by atoms with Crippen LogP contribution in [0.4, 0.5) is 0 Å². The van der Waals surface area contributed by atoms with Crippen LogP contribution < -0.4 is 0 Å². The minimum Gasteiger partial charge on any atom is -0.381 e. The Balaban J connectivity index is 1.72. The molecule has 120 valence electrons. The van der Waals surface area contributed by atoms with Gasteiger partial charge in [-0.25, -0.2) is 0 Å². The van der Waals surface area contributed by atoms with Gasteiger partial charge in [-0.2, -0.15) is 5.26 Å². The number of aromatic nitrogens is 1. The van der Waals surface area contributed by atoms with E-state index in [-0.39, 0.29) is 0 Å². The van der Waals surface area contributed by atoms with Crippen LogP contribution in [0.5, 0.6) is 0 Å². The maximum Gasteiger partial charge on any atom is 0.0705 e. The van der Waals surface area contributed by atoms with E-state index in [0.717, 1.165) is 50.5 Å². The molecule has 0 radical (unpaired) electrons. The van der Waals surface area contributed by atoms with Crippen molar-refractivity contribution in [2.24, 2.45) is 5.92 Å². The molecule has 0 unspecified atom stereocenters. The summed E-state index contributed by atoms with van der Waals surface area (Å²) in [5.74, 6) is 0.596. The lowest BCUT2D eigenvalue weighted by Gasteiger charge is -2.24. The normalized spacial score (nSPS) is 17.7. The van der Waals surface area contributed by atoms with Gasteiger partial charge in [-0.15, -0.1) is 0 Å². The Kier molecular flexibility index (Phi) is 5.22. The molecule has 0 bridgehead atoms. The third-order valence-electron chi connectivity index (χ3n) is 4.38. The third-order valence-corrected chi connectivity index (χ3v) is 4.38. The van der Waals surface area contributed by atoms with Gasteiger partial charge in [0.15, 0.2) is 0 Å². The van der Waals surface area contributed by atoms with Crippen LogP contribution >= 0.6 is 0 Å². The van der Waals surface area contributed by atoms with Gasteiger partial charge in [0.1, 0.15) is 0 Å². The Hall–Kier alpha value is -1.96. The molecule has 0 spiro atoms. The fourth-order valence-electron chi connectivity index (χ4n) is 3.17. The number of hydrogen-bond donors (Lipinski definition) is 0. The lowest BCUT2D eigenvalue weighted by atomic mass is 10.1. The van der Waals surface area contributed by atoms with E-state index in [4.69, 9.17) is 10.00 Å². The van der Waals surface area contributed by atoms with Gasteiger partial charge in [-0.05, 0) is 43.0 Å². The predicted octanol–water partition coefficient (Wildman–Crippen LogP) is 3.30. The zero-order chi connectivity index (χ0) is 16.1. The van der Waals surface area contributed by atoms with Gasteiger partial charge < -0.3 is 4.74 Å². The first-order valence-electron chi connectivity index (χ1n) is 8.28. The third kappa shape index (κ3) is 4.28. The molecule has 3 rings (SSSR count). The topological polar surface area (TPSA) is 49.2 Å². The molecule has 1 atom stereocenters. The Morgan fingerprint density at radius 1 is 1.35 bits per heavy atom. The molecule has 0 N–H and O–H groups in total. The summed E-state index contributed by atoms with van der Waals surface area (Å²) in [6.07, 6.45) is 1.70. The van der Waals surface area contributed by atoms with E-state index in [1.54, 1.807) is 0 Å². The zero-order valence-electron chi connectivity index (χ0n) is 13.7. The van der Waals surface area contributed by atoms with Crippen molar-refractivity contribution < 1.29 is 4.74 Å². The summed E-state index contributed by atoms with van der Waals surface area (Å²) in [7, 11) is 0. The van der Waals surface area contributed by atoms with E-state index in [1.165, 1.54) is 10.9 Å². The summed E-state index contributed by atoms with van der Waals surface area (Å²) in [5.41, 5.74) is 3.36. The molecule has 1 aliphatic heterocycles. The van der Waals surface area contributed by atoms with E-state index in [1.807, 2.05) is 6.92 Å². The molecular formula is C19H23N3O. The largest absolute Gasteiger partial charge is 0.381 e. The van der Waals surface area contributed by atoms with Crippen molar-refractivity contribution in [1.82, 2.24) is 9.88 Å². The molecular weight excluding hydrogens is 286 g/mol. The van der Waals surface area contributed by atoms with Gasteiger partial charge in [-0.3, -0.25) is 9.88 Å². The number of nitrogens with zero attached hydrogens (tertiary/aromatic N) is 3. The van der Waals surface area contributed by atoms with Crippen LogP contribution in [0.2, 0.25) is 0 Å². The zero-order valence-corrected chi connectivity index (χ0v) is 13.7. The van der Waals surface area contributed by atoms with Crippen LogP contribution in [0.25, 0.3) is 10.9 Å². The highest BCUT2D eigenvalue weighted by Crippen LogP contribution is 2.19. The van der Waals surface area contributed by atoms with Gasteiger partial charge in [0.05, 0.1) is 18.2 Å². The Morgan fingerprint density at radius 2 is 2.26 bits per heavy atom. The van der Waals surface area contributed by atoms with Crippen LogP contribution in [-0.4, -0.2) is 36.2 Å². The molecule has 4 heteroatoms. The molecule has 4 nitrogen and oxygen atoms in total. The van der Waals surface area contributed by atoms with Gasteiger partial charge in [0.25, 0.3) is 0 Å². The molecule has 2 heterocycles. The summed E-state index contributed by atoms with van der Waals surface area (Å²) < 4.78 is 5.48. The first kappa shape index (κ1) is 15.9. The van der Waals surface area contributed by atoms with Crippen LogP contribution in [0.1, 0.15) is 24.1 Å². The van der Waals surface area contributed by atoms with Crippen LogP contribution in [-0.2, 0) is 11.3 Å². The smallest absolute Gasteiger partial charge is 0.0705 e. The number of hydrogen-bond acceptors (Lipinski definition) is 4. The summed E-state index contributed by atoms with van der Waals surface area (Å²) in [4.78, 5) is 6.94. The fourth-order valence-corrected chi connectivity index (χ4v) is 3.17. The second-order valence-electron chi connectivity index (χ2n) is 6.35. The van der Waals surface area contributed by atoms with Crippen molar-refractivity contribution in [3.63, 3.8) is 0 Å². The van der Waals surface area contributed by atoms with Crippen molar-refractivity contribution >= 4 is 10.9 Å². The average Bonchev–Trinajstić information content (AvgIpc) is 3.05. The van der Waals surface area contributed by atoms with Crippen molar-refractivity contribution in [3.8, 4) is 6.07 Å². The Labute approximate surface area is 137 Å². The van der Waals surface area contributed by atoms with Gasteiger partial charge in [-0.1, -0.05) is 12.1 Å². The lowest BCUT2D eigenvalue weighted by molar-refractivity contribution is 0.165. The highest BCUT2D eigenvalue weighted by Gasteiger charge is 2.19. The first-order chi connectivity index (χ1) is 11.2. The van der Waals surface area contributed by atoms with Gasteiger partial charge >= 0.3 is 0 Å². The number of pyridine rings is 1. The second-order valence-corrected chi connectivity index (χ2v) is 6.35. The number of rotatable bonds is 6. The van der Waals surface area contributed by atoms with Crippen LogP contribution in [0, 0.1) is 24.2 Å². The quantitative estimate of drug-likeness (QED) is 0.821. The minimum atomic E-state index is 0.571. The lowest BCUT2D eigenvalue weighted by Crippen LogP contribution is -2.30. The molecule has 1 aliphatic rings. The average molecular weight is 309 g/mol. The summed E-state index contributed by atoms with van der Waals surface area (Å²) in [5, 5.41) is 10.1. The first-order valence-corrected chi connectivity index (χ1v) is 8.28. The molecule has 1 aromatic carbocycles. The number of nitriles is 1. The molecule has 0 aliphatic carbocycles. The number of aryl methyl sites for hydroxylation is 1. The fraction of sp³-hybridized carbons (Fsp3) is 0.474. The summed E-state index contributed by atoms with van der Waals surface area (Å²) >= 11 is 0. The van der Waals surface area contributed by atoms with Crippen molar-refractivity contribution in [1.29, 1.82) is 5.26 Å². The van der Waals surface area contributed by atoms with E-state index < -0.39 is 0 Å². The second kappa shape index (κ2) is 7.54. The highest BCUT2D eigenvalue weighted by atomic mass is 16.5. The summed E-state index contributed by atoms with van der Waals surface area (Å²) in [6.45, 7) is 6.44. The Morgan fingerprint density at radius 3 is 3.04 bits per heavy atom. The molecule has 23 heavy (non-hydrogen) atoms. The number of fused-ring (bicyclic) bond motifs is 1. The van der Waals surface area contributed by atoms with Crippen molar-refractivity contribution in [3.05, 3.63) is 41.6 Å². The molecule has 0 saturated carbocycles. The van der Waals surface area contributed by atoms with E-state index in [9.17, 15) is 0 Å². The summed E-state index contributed by atoms with van der Waals surface area (Å²) in [6, 6.07) is 12.9. The SMILES string of the molecule is Cc1ccc2cc(CN(CCC#N)C[C@H]3CCOC3)ccc2n1. The minimum absolute atomic E-state index is 0.571. The predicted molar refractivity (Wildman–Crippen MR) is 90.9 cm³/mol. The van der Waals surface area contributed by atoms with Gasteiger partial charge in [0.2, 0.25) is 0 Å². The van der Waals surface area contributed by atoms with E-state index >= 15 is 0 Å². The highest BCUT2D eigenvalue weighted by molar-refractivity contribution is 5.79. The van der Waals surface area contributed by atoms with Crippen LogP contribution in [0.3, 0.4) is 0 Å². The van der Waals surface area contributed by atoms with Gasteiger partial charge in [0, 0.05) is 43.7 Å². The van der Waals surface area contributed by atoms with Crippen molar-refractivity contribution in [2.45, 2.75) is 26.3 Å². The molecule has 1 fully saturated rings. The van der Waals surface area contributed by atoms with E-state index in [2.05, 4.69) is 46.3 Å². The number of benzene rings is 1. The molecule has 2 aromatic rings.